The van der Waals surface area contributed by atoms with Gasteiger partial charge in [-0.3, -0.25) is 29.4 Å². The maximum Gasteiger partial charge on any atom is 0.421 e. The normalized spacial score (nSPS) is 22.1. The highest BCUT2D eigenvalue weighted by molar-refractivity contribution is 6.23. The van der Waals surface area contributed by atoms with Gasteiger partial charge in [0, 0.05) is 23.3 Å². The lowest BCUT2D eigenvalue weighted by Crippen LogP contribution is -2.53. The number of carboxylic acids is 1. The van der Waals surface area contributed by atoms with E-state index in [1.807, 2.05) is 36.4 Å². The number of aliphatic carboxylic acids is 1. The van der Waals surface area contributed by atoms with E-state index >= 15 is 4.79 Å². The molecule has 14 nitrogen and oxygen atoms in total. The number of methoxy groups -OCH3 is 1. The molecule has 0 saturated carbocycles. The zero-order chi connectivity index (χ0) is 44.7. The Morgan fingerprint density at radius 3 is 2.03 bits per heavy atom. The zero-order valence-electron chi connectivity index (χ0n) is 33.9. The van der Waals surface area contributed by atoms with Crippen LogP contribution in [-0.4, -0.2) is 57.1 Å². The Balaban J connectivity index is 1.27. The van der Waals surface area contributed by atoms with Gasteiger partial charge in [-0.1, -0.05) is 84.6 Å². The van der Waals surface area contributed by atoms with Crippen LogP contribution in [0.4, 0.5) is 16.2 Å². The van der Waals surface area contributed by atoms with Crippen LogP contribution < -0.4 is 9.64 Å². The van der Waals surface area contributed by atoms with Crippen molar-refractivity contribution in [1.82, 2.24) is 4.90 Å². The Labute approximate surface area is 366 Å². The van der Waals surface area contributed by atoms with Crippen molar-refractivity contribution in [3.8, 4) is 23.3 Å². The van der Waals surface area contributed by atoms with Gasteiger partial charge in [-0.05, 0) is 94.5 Å². The van der Waals surface area contributed by atoms with E-state index in [0.29, 0.717) is 39.1 Å². The molecule has 2 saturated heterocycles. The van der Waals surface area contributed by atoms with E-state index in [1.165, 1.54) is 42.5 Å². The number of non-ortho nitro benzene ring substituents is 1. The number of nitro benzene ring substituents is 1. The van der Waals surface area contributed by atoms with Crippen LogP contribution in [0.15, 0.2) is 152 Å². The third kappa shape index (κ3) is 6.94. The van der Waals surface area contributed by atoms with Crippen molar-refractivity contribution in [1.29, 1.82) is 0 Å². The first-order valence-electron chi connectivity index (χ1n) is 20.2. The third-order valence-electron chi connectivity index (χ3n) is 12.1. The molecule has 6 atom stereocenters. The lowest BCUT2D eigenvalue weighted by atomic mass is 9.65. The van der Waals surface area contributed by atoms with Crippen LogP contribution in [0.1, 0.15) is 57.1 Å². The zero-order valence-corrected chi connectivity index (χ0v) is 33.9. The number of hydrogen-bond acceptors (Lipinski definition) is 11. The van der Waals surface area contributed by atoms with E-state index in [-0.39, 0.29) is 22.7 Å². The van der Waals surface area contributed by atoms with Crippen molar-refractivity contribution < 1.29 is 48.5 Å². The Bertz CT molecular complexity index is 2860. The molecule has 2 amide bonds. The van der Waals surface area contributed by atoms with Crippen LogP contribution in [0, 0.1) is 27.9 Å². The number of phenols is 1. The van der Waals surface area contributed by atoms with Gasteiger partial charge in [0.25, 0.3) is 5.69 Å². The fourth-order valence-electron chi connectivity index (χ4n) is 9.34. The van der Waals surface area contributed by atoms with Crippen LogP contribution in [-0.2, 0) is 35.9 Å². The number of benzene rings is 6. The topological polar surface area (TPSA) is 186 Å². The number of rotatable bonds is 8. The number of amides is 2. The summed E-state index contributed by atoms with van der Waals surface area (Å²) in [5.41, 5.74) is 0.704. The standard InChI is InChI=1S/C50H37N3O11/c1-62-38-25-16-30(17-26-38)12-13-31-18-27-40-39(28-31)50(48(58)51(40)49(59)63-29-32-14-21-36(22-15-32)53(60)61)41(46(55)56)43-47(57)64-44(34-10-6-3-7-11-34)42(33-8-4-2-5-9-33)52(43)45(50)35-19-23-37(54)24-20-35/h2-11,14-28,41-45,54H,29H2,1H3,(H,55,56)/t41-,42-,43-,44+,45+,50-/m0/s1. The first kappa shape index (κ1) is 41.1. The molecule has 318 valence electrons. The monoisotopic (exact) mass is 855 g/mol. The molecule has 0 aromatic heterocycles. The minimum atomic E-state index is -2.25. The van der Waals surface area contributed by atoms with Gasteiger partial charge >= 0.3 is 18.0 Å². The number of nitro groups is 1. The van der Waals surface area contributed by atoms with Gasteiger partial charge in [0.15, 0.2) is 0 Å². The van der Waals surface area contributed by atoms with E-state index in [9.17, 15) is 34.7 Å². The van der Waals surface area contributed by atoms with Gasteiger partial charge in [0.1, 0.15) is 41.6 Å². The van der Waals surface area contributed by atoms with Gasteiger partial charge in [-0.15, -0.1) is 0 Å². The summed E-state index contributed by atoms with van der Waals surface area (Å²) in [7, 11) is 1.55. The highest BCUT2D eigenvalue weighted by Gasteiger charge is 2.76. The Morgan fingerprint density at radius 2 is 1.41 bits per heavy atom. The maximum atomic E-state index is 15.9. The third-order valence-corrected chi connectivity index (χ3v) is 12.1. The van der Waals surface area contributed by atoms with Crippen LogP contribution in [0.25, 0.3) is 0 Å². The number of aromatic hydroxyl groups is 1. The Hall–Kier alpha value is -8.28. The van der Waals surface area contributed by atoms with E-state index < -0.39 is 71.0 Å². The highest BCUT2D eigenvalue weighted by Crippen LogP contribution is 2.66. The number of imide groups is 1. The minimum absolute atomic E-state index is 0.00723. The number of carbonyl (C=O) groups excluding carboxylic acids is 3. The number of carboxylic acid groups (broad SMARTS) is 1. The quantitative estimate of drug-likeness (QED) is 0.0656. The van der Waals surface area contributed by atoms with Gasteiger partial charge in [0.2, 0.25) is 5.91 Å². The summed E-state index contributed by atoms with van der Waals surface area (Å²) in [4.78, 5) is 72.7. The lowest BCUT2D eigenvalue weighted by molar-refractivity contribution is -0.384. The van der Waals surface area contributed by atoms with E-state index in [2.05, 4.69) is 11.8 Å². The second-order valence-electron chi connectivity index (χ2n) is 15.5. The molecule has 3 heterocycles. The van der Waals surface area contributed by atoms with E-state index in [4.69, 9.17) is 14.2 Å². The lowest BCUT2D eigenvalue weighted by Gasteiger charge is -2.46. The SMILES string of the molecule is COc1ccc(C#Cc2ccc3c(c2)[C@]2(C(=O)N3C(=O)OCc3ccc([N+](=O)[O-])cc3)[C@H](C(=O)O)[C@H]3C(=O)O[C@H](c4ccccc4)[C@H](c4ccccc4)N3[C@@H]2c2ccc(O)cc2)cc1. The predicted octanol–water partition coefficient (Wildman–Crippen LogP) is 7.80. The van der Waals surface area contributed by atoms with Gasteiger partial charge in [-0.2, -0.15) is 0 Å². The number of fused-ring (bicyclic) bond motifs is 3. The van der Waals surface area contributed by atoms with Crippen LogP contribution in [0.3, 0.4) is 0 Å². The van der Waals surface area contributed by atoms with Crippen molar-refractivity contribution in [3.63, 3.8) is 0 Å². The Kier molecular flexibility index (Phi) is 10.6. The average Bonchev–Trinajstić information content (AvgIpc) is 3.77. The molecule has 2 fully saturated rings. The molecule has 0 bridgehead atoms. The first-order chi connectivity index (χ1) is 31.0. The van der Waals surface area contributed by atoms with Gasteiger partial charge < -0.3 is 24.4 Å². The Morgan fingerprint density at radius 1 is 0.781 bits per heavy atom. The summed E-state index contributed by atoms with van der Waals surface area (Å²) in [6.07, 6.45) is -2.14. The van der Waals surface area contributed by atoms with Crippen LogP contribution >= 0.6 is 0 Å². The van der Waals surface area contributed by atoms with Crippen molar-refractivity contribution in [2.24, 2.45) is 5.92 Å². The molecule has 0 aliphatic carbocycles. The molecule has 14 heteroatoms. The van der Waals surface area contributed by atoms with Crippen molar-refractivity contribution in [3.05, 3.63) is 201 Å². The predicted molar refractivity (Wildman–Crippen MR) is 230 cm³/mol. The number of anilines is 1. The molecular formula is C50H37N3O11. The summed E-state index contributed by atoms with van der Waals surface area (Å²) in [5.74, 6) is 1.50. The summed E-state index contributed by atoms with van der Waals surface area (Å²) in [6.45, 7) is -0.395. The summed E-state index contributed by atoms with van der Waals surface area (Å²) in [6, 6.07) is 37.3. The number of phenolic OH excluding ortho intramolecular Hbond substituents is 1. The first-order valence-corrected chi connectivity index (χ1v) is 20.2. The molecule has 0 radical (unpaired) electrons. The summed E-state index contributed by atoms with van der Waals surface area (Å²) >= 11 is 0. The van der Waals surface area contributed by atoms with Crippen LogP contribution in [0.5, 0.6) is 11.5 Å². The number of ether oxygens (including phenoxy) is 3. The molecule has 9 rings (SSSR count). The van der Waals surface area contributed by atoms with Gasteiger partial charge in [-0.25, -0.2) is 9.69 Å². The average molecular weight is 856 g/mol. The number of esters is 1. The molecule has 1 spiro atoms. The van der Waals surface area contributed by atoms with Crippen molar-refractivity contribution in [2.75, 3.05) is 12.0 Å². The van der Waals surface area contributed by atoms with E-state index in [1.54, 1.807) is 84.8 Å². The molecule has 3 aliphatic rings. The van der Waals surface area contributed by atoms with Crippen molar-refractivity contribution >= 4 is 35.3 Å². The molecule has 64 heavy (non-hydrogen) atoms. The largest absolute Gasteiger partial charge is 0.508 e. The maximum absolute atomic E-state index is 15.9. The molecule has 6 aromatic carbocycles. The van der Waals surface area contributed by atoms with Gasteiger partial charge in [0.05, 0.1) is 29.8 Å². The fraction of sp³-hybridized carbons (Fsp3) is 0.160. The number of morpholine rings is 1. The minimum Gasteiger partial charge on any atom is -0.508 e. The number of hydrogen-bond donors (Lipinski definition) is 2. The van der Waals surface area contributed by atoms with Crippen molar-refractivity contribution in [2.45, 2.75) is 36.3 Å². The highest BCUT2D eigenvalue weighted by atomic mass is 16.6. The second kappa shape index (κ2) is 16.5. The van der Waals surface area contributed by atoms with Crippen LogP contribution in [0.2, 0.25) is 0 Å². The van der Waals surface area contributed by atoms with E-state index in [0.717, 1.165) is 4.90 Å². The smallest absolute Gasteiger partial charge is 0.421 e. The molecular weight excluding hydrogens is 819 g/mol. The fourth-order valence-corrected chi connectivity index (χ4v) is 9.34. The number of carbonyl (C=O) groups is 4. The summed E-state index contributed by atoms with van der Waals surface area (Å²) < 4.78 is 17.3. The number of cyclic esters (lactones) is 1. The molecule has 3 aliphatic heterocycles. The second-order valence-corrected chi connectivity index (χ2v) is 15.5. The summed E-state index contributed by atoms with van der Waals surface area (Å²) in [5, 5.41) is 33.4. The molecule has 2 N–H and O–H groups in total. The molecule has 6 aromatic rings. The number of nitrogens with zero attached hydrogens (tertiary/aromatic N) is 3. The molecule has 0 unspecified atom stereocenters.